The van der Waals surface area contributed by atoms with Crippen molar-refractivity contribution in [3.8, 4) is 11.5 Å². The van der Waals surface area contributed by atoms with E-state index in [1.54, 1.807) is 6.07 Å². The van der Waals surface area contributed by atoms with Crippen LogP contribution >= 0.6 is 0 Å². The van der Waals surface area contributed by atoms with Gasteiger partial charge in [0.1, 0.15) is 5.82 Å². The lowest BCUT2D eigenvalue weighted by atomic mass is 10.1. The van der Waals surface area contributed by atoms with Gasteiger partial charge in [-0.2, -0.15) is 0 Å². The van der Waals surface area contributed by atoms with Crippen molar-refractivity contribution in [1.82, 2.24) is 5.32 Å². The summed E-state index contributed by atoms with van der Waals surface area (Å²) in [6.45, 7) is 2.47. The topological polar surface area (TPSA) is 50.8 Å². The summed E-state index contributed by atoms with van der Waals surface area (Å²) in [5, 5.41) is 3.02. The largest absolute Gasteiger partial charge is 0.454 e. The van der Waals surface area contributed by atoms with Crippen molar-refractivity contribution in [2.45, 2.75) is 19.3 Å². The van der Waals surface area contributed by atoms with Crippen molar-refractivity contribution in [3.05, 3.63) is 53.8 Å². The normalized spacial score (nSPS) is 18.0. The number of anilines is 1. The van der Waals surface area contributed by atoms with E-state index < -0.39 is 0 Å². The number of hydrogen-bond donors (Lipinski definition) is 1. The van der Waals surface area contributed by atoms with E-state index in [0.29, 0.717) is 31.0 Å². The van der Waals surface area contributed by atoms with Gasteiger partial charge in [0.15, 0.2) is 11.5 Å². The van der Waals surface area contributed by atoms with Gasteiger partial charge >= 0.3 is 0 Å². The highest BCUT2D eigenvalue weighted by molar-refractivity contribution is 5.76. The maximum atomic E-state index is 13.9. The summed E-state index contributed by atoms with van der Waals surface area (Å²) in [5.41, 5.74) is 1.70. The first-order chi connectivity index (χ1) is 13.2. The highest BCUT2D eigenvalue weighted by atomic mass is 19.1. The molecule has 2 aromatic rings. The van der Waals surface area contributed by atoms with Crippen molar-refractivity contribution < 1.29 is 18.7 Å². The van der Waals surface area contributed by atoms with Crippen LogP contribution in [0.5, 0.6) is 11.5 Å². The van der Waals surface area contributed by atoms with E-state index in [9.17, 15) is 9.18 Å². The second-order valence-electron chi connectivity index (χ2n) is 7.04. The molecule has 27 heavy (non-hydrogen) atoms. The average Bonchev–Trinajstić information content (AvgIpc) is 3.34. The molecule has 2 heterocycles. The maximum Gasteiger partial charge on any atom is 0.231 e. The average molecular weight is 370 g/mol. The molecule has 0 unspecified atom stereocenters. The summed E-state index contributed by atoms with van der Waals surface area (Å²) in [6, 6.07) is 12.6. The van der Waals surface area contributed by atoms with Crippen LogP contribution in [0.15, 0.2) is 42.5 Å². The van der Waals surface area contributed by atoms with Crippen LogP contribution in [-0.2, 0) is 11.2 Å². The van der Waals surface area contributed by atoms with Crippen LogP contribution in [0.3, 0.4) is 0 Å². The van der Waals surface area contributed by atoms with Gasteiger partial charge in [0.05, 0.1) is 5.69 Å². The first kappa shape index (κ1) is 17.6. The van der Waals surface area contributed by atoms with Crippen LogP contribution in [0.2, 0.25) is 0 Å². The third kappa shape index (κ3) is 4.15. The van der Waals surface area contributed by atoms with Crippen LogP contribution in [-0.4, -0.2) is 32.3 Å². The summed E-state index contributed by atoms with van der Waals surface area (Å²) in [6.07, 6.45) is 2.05. The molecule has 0 aliphatic carbocycles. The smallest absolute Gasteiger partial charge is 0.231 e. The number of hydrogen-bond acceptors (Lipinski definition) is 4. The Labute approximate surface area is 158 Å². The SMILES string of the molecule is O=C(CCc1ccc2c(c1)OCO2)NC[C@@H]1CCN(c2ccccc2F)C1. The Morgan fingerprint density at radius 1 is 1.19 bits per heavy atom. The molecule has 0 radical (unpaired) electrons. The van der Waals surface area contributed by atoms with Gasteiger partial charge in [-0.1, -0.05) is 18.2 Å². The van der Waals surface area contributed by atoms with Gasteiger partial charge in [0.2, 0.25) is 12.7 Å². The molecular weight excluding hydrogens is 347 g/mol. The molecule has 2 aromatic carbocycles. The quantitative estimate of drug-likeness (QED) is 0.849. The third-order valence-corrected chi connectivity index (χ3v) is 5.14. The van der Waals surface area contributed by atoms with Crippen LogP contribution in [0.4, 0.5) is 10.1 Å². The fourth-order valence-corrected chi connectivity index (χ4v) is 3.63. The number of rotatable bonds is 6. The number of carbonyl (C=O) groups excluding carboxylic acids is 1. The zero-order chi connectivity index (χ0) is 18.6. The summed E-state index contributed by atoms with van der Waals surface area (Å²) in [4.78, 5) is 14.2. The summed E-state index contributed by atoms with van der Waals surface area (Å²) < 4.78 is 24.6. The third-order valence-electron chi connectivity index (χ3n) is 5.14. The Bertz CT molecular complexity index is 827. The molecule has 2 aliphatic rings. The molecule has 0 saturated carbocycles. The first-order valence-electron chi connectivity index (χ1n) is 9.34. The van der Waals surface area contributed by atoms with E-state index in [1.165, 1.54) is 6.07 Å². The van der Waals surface area contributed by atoms with Gasteiger partial charge in [-0.05, 0) is 48.6 Å². The minimum atomic E-state index is -0.189. The molecule has 1 saturated heterocycles. The molecule has 0 bridgehead atoms. The van der Waals surface area contributed by atoms with E-state index in [-0.39, 0.29) is 18.5 Å². The fraction of sp³-hybridized carbons (Fsp3) is 0.381. The number of nitrogens with zero attached hydrogens (tertiary/aromatic N) is 1. The zero-order valence-corrected chi connectivity index (χ0v) is 15.1. The maximum absolute atomic E-state index is 13.9. The Kier molecular flexibility index (Phi) is 5.14. The molecule has 5 nitrogen and oxygen atoms in total. The van der Waals surface area contributed by atoms with Crippen molar-refractivity contribution in [3.63, 3.8) is 0 Å². The van der Waals surface area contributed by atoms with Crippen LogP contribution in [0.1, 0.15) is 18.4 Å². The highest BCUT2D eigenvalue weighted by Crippen LogP contribution is 2.32. The zero-order valence-electron chi connectivity index (χ0n) is 15.1. The van der Waals surface area contributed by atoms with Crippen LogP contribution in [0, 0.1) is 11.7 Å². The van der Waals surface area contributed by atoms with Gasteiger partial charge in [0, 0.05) is 26.1 Å². The molecule has 1 fully saturated rings. The molecule has 1 N–H and O–H groups in total. The molecule has 2 aliphatic heterocycles. The minimum absolute atomic E-state index is 0.0389. The number of nitrogens with one attached hydrogen (secondary N) is 1. The monoisotopic (exact) mass is 370 g/mol. The Balaban J connectivity index is 1.21. The molecule has 1 amide bonds. The van der Waals surface area contributed by atoms with E-state index in [0.717, 1.165) is 36.6 Å². The number of halogens is 1. The molecule has 4 rings (SSSR count). The van der Waals surface area contributed by atoms with Gasteiger partial charge in [-0.25, -0.2) is 4.39 Å². The Hall–Kier alpha value is -2.76. The molecule has 1 atom stereocenters. The standard InChI is InChI=1S/C21H23FN2O3/c22-17-3-1-2-4-18(17)24-10-9-16(13-24)12-23-21(25)8-6-15-5-7-19-20(11-15)27-14-26-19/h1-5,7,11,16H,6,8-10,12-14H2,(H,23,25)/t16-/m0/s1. The number of aryl methyl sites for hydroxylation is 1. The van der Waals surface area contributed by atoms with E-state index in [4.69, 9.17) is 9.47 Å². The summed E-state index contributed by atoms with van der Waals surface area (Å²) >= 11 is 0. The predicted octanol–water partition coefficient (Wildman–Crippen LogP) is 3.13. The van der Waals surface area contributed by atoms with Crippen molar-refractivity contribution in [1.29, 1.82) is 0 Å². The minimum Gasteiger partial charge on any atom is -0.454 e. The Morgan fingerprint density at radius 2 is 2.04 bits per heavy atom. The molecule has 0 aromatic heterocycles. The van der Waals surface area contributed by atoms with Gasteiger partial charge in [-0.3, -0.25) is 4.79 Å². The van der Waals surface area contributed by atoms with Gasteiger partial charge < -0.3 is 19.7 Å². The lowest BCUT2D eigenvalue weighted by molar-refractivity contribution is -0.121. The summed E-state index contributed by atoms with van der Waals surface area (Å²) in [5.74, 6) is 1.69. The van der Waals surface area contributed by atoms with Gasteiger partial charge in [-0.15, -0.1) is 0 Å². The first-order valence-corrected chi connectivity index (χ1v) is 9.34. The fourth-order valence-electron chi connectivity index (χ4n) is 3.63. The lowest BCUT2D eigenvalue weighted by Crippen LogP contribution is -2.31. The molecule has 0 spiro atoms. The lowest BCUT2D eigenvalue weighted by Gasteiger charge is -2.19. The van der Waals surface area contributed by atoms with E-state index in [1.807, 2.05) is 30.3 Å². The summed E-state index contributed by atoms with van der Waals surface area (Å²) in [7, 11) is 0. The van der Waals surface area contributed by atoms with E-state index >= 15 is 0 Å². The second-order valence-corrected chi connectivity index (χ2v) is 7.04. The van der Waals surface area contributed by atoms with Crippen LogP contribution in [0.25, 0.3) is 0 Å². The number of carbonyl (C=O) groups is 1. The number of fused-ring (bicyclic) bond motifs is 1. The second kappa shape index (κ2) is 7.86. The van der Waals surface area contributed by atoms with Crippen molar-refractivity contribution >= 4 is 11.6 Å². The number of amides is 1. The van der Waals surface area contributed by atoms with Crippen molar-refractivity contribution in [2.75, 3.05) is 31.3 Å². The Morgan fingerprint density at radius 3 is 2.93 bits per heavy atom. The number of ether oxygens (including phenoxy) is 2. The molecule has 6 heteroatoms. The molecular formula is C21H23FN2O3. The highest BCUT2D eigenvalue weighted by Gasteiger charge is 2.24. The number of para-hydroxylation sites is 1. The van der Waals surface area contributed by atoms with E-state index in [2.05, 4.69) is 10.2 Å². The van der Waals surface area contributed by atoms with Crippen molar-refractivity contribution in [2.24, 2.45) is 5.92 Å². The van der Waals surface area contributed by atoms with Gasteiger partial charge in [0.25, 0.3) is 0 Å². The number of benzene rings is 2. The predicted molar refractivity (Wildman–Crippen MR) is 101 cm³/mol. The van der Waals surface area contributed by atoms with Crippen LogP contribution < -0.4 is 19.7 Å². The molecule has 142 valence electrons.